The third-order valence-electron chi connectivity index (χ3n) is 1.16. The van der Waals surface area contributed by atoms with E-state index in [4.69, 9.17) is 22.2 Å². The van der Waals surface area contributed by atoms with E-state index >= 15 is 0 Å². The van der Waals surface area contributed by atoms with Crippen molar-refractivity contribution in [3.05, 3.63) is 0 Å². The zero-order valence-corrected chi connectivity index (χ0v) is 10.6. The highest BCUT2D eigenvalue weighted by Crippen LogP contribution is 2.67. The van der Waals surface area contributed by atoms with Gasteiger partial charge in [0.2, 0.25) is 7.57 Å². The van der Waals surface area contributed by atoms with Gasteiger partial charge in [-0.25, -0.2) is 13.4 Å². The Balaban J connectivity index is 4.74. The lowest BCUT2D eigenvalue weighted by molar-refractivity contribution is 0.231. The van der Waals surface area contributed by atoms with E-state index in [1.54, 1.807) is 0 Å². The first-order valence-electron chi connectivity index (χ1n) is 3.55. The van der Waals surface area contributed by atoms with E-state index in [2.05, 4.69) is 8.62 Å². The molecule has 2 atom stereocenters. The van der Waals surface area contributed by atoms with Crippen molar-refractivity contribution < 1.29 is 37.0 Å². The normalized spacial score (nSPS) is 20.9. The molecule has 2 radical (unpaired) electrons. The molecule has 0 saturated heterocycles. The van der Waals surface area contributed by atoms with Crippen LogP contribution < -0.4 is 0 Å². The minimum Gasteiger partial charge on any atom is -0.305 e. The molecule has 0 bridgehead atoms. The van der Waals surface area contributed by atoms with Gasteiger partial charge in [0.15, 0.2) is 7.25 Å². The topological polar surface area (TPSA) is 130 Å². The third-order valence-corrected chi connectivity index (χ3v) is 6.12. The Morgan fingerprint density at radius 3 is 1.73 bits per heavy atom. The summed E-state index contributed by atoms with van der Waals surface area (Å²) >= 11 is 0. The highest BCUT2D eigenvalue weighted by Gasteiger charge is 2.38. The van der Waals surface area contributed by atoms with Crippen LogP contribution in [0.5, 0.6) is 0 Å². The second-order valence-electron chi connectivity index (χ2n) is 2.86. The van der Waals surface area contributed by atoms with E-state index in [1.165, 1.54) is 13.8 Å². The number of phosphoric acid groups is 2. The molecule has 8 nitrogen and oxygen atoms in total. The van der Waals surface area contributed by atoms with Crippen LogP contribution in [0.2, 0.25) is 0 Å². The van der Waals surface area contributed by atoms with Crippen molar-refractivity contribution in [1.82, 2.24) is 0 Å². The van der Waals surface area contributed by atoms with E-state index < -0.39 is 28.6 Å². The van der Waals surface area contributed by atoms with E-state index in [9.17, 15) is 13.7 Å². The van der Waals surface area contributed by atoms with Gasteiger partial charge in [0.1, 0.15) is 0 Å². The lowest BCUT2D eigenvalue weighted by Gasteiger charge is -2.20. The average Bonchev–Trinajstić information content (AvgIpc) is 1.75. The summed E-state index contributed by atoms with van der Waals surface area (Å²) in [7, 11) is -9.28. The summed E-state index contributed by atoms with van der Waals surface area (Å²) in [5.74, 6) is 0. The highest BCUT2D eigenvalue weighted by atomic mass is 31.3. The van der Waals surface area contributed by atoms with Gasteiger partial charge >= 0.3 is 15.6 Å². The summed E-state index contributed by atoms with van der Waals surface area (Å²) < 4.78 is 39.9. The van der Waals surface area contributed by atoms with Crippen LogP contribution in [-0.4, -0.2) is 27.9 Å². The predicted octanol–water partition coefficient (Wildman–Crippen LogP) is 0.983. The summed E-state index contributed by atoms with van der Waals surface area (Å²) in [5.41, 5.74) is -0.793. The Labute approximate surface area is 87.7 Å². The quantitative estimate of drug-likeness (QED) is 0.501. The summed E-state index contributed by atoms with van der Waals surface area (Å²) in [4.78, 5) is 25.3. The molecule has 0 rings (SSSR count). The van der Waals surface area contributed by atoms with Gasteiger partial charge < -0.3 is 19.2 Å². The highest BCUT2D eigenvalue weighted by molar-refractivity contribution is 7.88. The molecule has 2 unspecified atom stereocenters. The minimum atomic E-state index is -5.22. The molecule has 0 heterocycles. The first-order chi connectivity index (χ1) is 6.36. The number of rotatable bonds is 5. The fourth-order valence-electron chi connectivity index (χ4n) is 0.405. The molecule has 0 aromatic carbocycles. The molecule has 0 aromatic rings. The Bertz CT molecular complexity index is 358. The summed E-state index contributed by atoms with van der Waals surface area (Å²) in [6, 6.07) is 0. The van der Waals surface area contributed by atoms with Crippen molar-refractivity contribution in [3.63, 3.8) is 0 Å². The standard InChI is InChI=1S/C3H10BO8P3/c1-3(2)13(4,5)11-15(9,10)12-14(6,7)8/h3H,1-2H3,(H,9,10)(H2,6,7,8). The number of hydrogen-bond acceptors (Lipinski definition) is 5. The average molecular weight is 278 g/mol. The van der Waals surface area contributed by atoms with Crippen molar-refractivity contribution in [2.45, 2.75) is 19.5 Å². The third kappa shape index (κ3) is 6.66. The fraction of sp³-hybridized carbons (Fsp3) is 1.00. The molecule has 12 heteroatoms. The van der Waals surface area contributed by atoms with Crippen molar-refractivity contribution in [1.29, 1.82) is 0 Å². The zero-order chi connectivity index (χ0) is 12.5. The van der Waals surface area contributed by atoms with Gasteiger partial charge in [-0.2, -0.15) is 4.31 Å². The van der Waals surface area contributed by atoms with E-state index in [-0.39, 0.29) is 0 Å². The fourth-order valence-corrected chi connectivity index (χ4v) is 3.91. The summed E-state index contributed by atoms with van der Waals surface area (Å²) in [6.45, 7) is 2.69. The maximum absolute atomic E-state index is 11.3. The van der Waals surface area contributed by atoms with Crippen LogP contribution in [0.1, 0.15) is 13.8 Å². The molecule has 0 aliphatic carbocycles. The van der Waals surface area contributed by atoms with Crippen LogP contribution in [0.3, 0.4) is 0 Å². The van der Waals surface area contributed by atoms with Crippen LogP contribution in [0.4, 0.5) is 0 Å². The molecular formula is C3H10BO8P3. The monoisotopic (exact) mass is 278 g/mol. The van der Waals surface area contributed by atoms with Crippen LogP contribution in [-0.2, 0) is 22.3 Å². The molecule has 3 N–H and O–H groups in total. The first kappa shape index (κ1) is 15.6. The lowest BCUT2D eigenvalue weighted by Crippen LogP contribution is -2.01. The molecule has 88 valence electrons. The molecule has 0 spiro atoms. The molecule has 0 aliphatic heterocycles. The van der Waals surface area contributed by atoms with Gasteiger partial charge in [0.25, 0.3) is 0 Å². The van der Waals surface area contributed by atoms with Crippen molar-refractivity contribution in [3.8, 4) is 0 Å². The van der Waals surface area contributed by atoms with E-state index in [1.807, 2.05) is 0 Å². The zero-order valence-electron chi connectivity index (χ0n) is 7.88. The maximum atomic E-state index is 11.3. The SMILES string of the molecule is [B]P(=O)(OP(=O)(O)OP(=O)(O)O)C(C)C. The smallest absolute Gasteiger partial charge is 0.305 e. The van der Waals surface area contributed by atoms with Gasteiger partial charge in [-0.1, -0.05) is 13.8 Å². The Morgan fingerprint density at radius 2 is 1.47 bits per heavy atom. The van der Waals surface area contributed by atoms with Crippen LogP contribution in [0, 0.1) is 0 Å². The van der Waals surface area contributed by atoms with Gasteiger partial charge in [0, 0.05) is 5.66 Å². The Kier molecular flexibility index (Phi) is 5.00. The molecule has 15 heavy (non-hydrogen) atoms. The van der Waals surface area contributed by atoms with E-state index in [0.29, 0.717) is 0 Å². The van der Waals surface area contributed by atoms with Crippen molar-refractivity contribution in [2.75, 3.05) is 0 Å². The van der Waals surface area contributed by atoms with Crippen LogP contribution in [0.15, 0.2) is 0 Å². The lowest BCUT2D eigenvalue weighted by atomic mass is 10.6. The maximum Gasteiger partial charge on any atom is 0.486 e. The molecule has 0 aliphatic rings. The van der Waals surface area contributed by atoms with Gasteiger partial charge in [-0.05, 0) is 0 Å². The second-order valence-corrected chi connectivity index (χ2v) is 8.41. The largest absolute Gasteiger partial charge is 0.486 e. The van der Waals surface area contributed by atoms with Gasteiger partial charge in [-0.3, -0.25) is 0 Å². The summed E-state index contributed by atoms with van der Waals surface area (Å²) in [5, 5.41) is 0. The van der Waals surface area contributed by atoms with Crippen molar-refractivity contribution in [2.24, 2.45) is 0 Å². The molecule has 0 aromatic heterocycles. The van der Waals surface area contributed by atoms with Gasteiger partial charge in [0.05, 0.1) is 0 Å². The minimum absolute atomic E-state index is 0.793. The van der Waals surface area contributed by atoms with Crippen LogP contribution >= 0.6 is 22.9 Å². The molecule has 0 saturated carbocycles. The molecule has 0 fully saturated rings. The second kappa shape index (κ2) is 4.82. The van der Waals surface area contributed by atoms with Crippen LogP contribution in [0.25, 0.3) is 0 Å². The van der Waals surface area contributed by atoms with Gasteiger partial charge in [-0.15, -0.1) is 0 Å². The molecule has 0 amide bonds. The van der Waals surface area contributed by atoms with Crippen molar-refractivity contribution >= 4 is 30.5 Å². The molecular weight excluding hydrogens is 268 g/mol. The summed E-state index contributed by atoms with van der Waals surface area (Å²) in [6.07, 6.45) is 0. The number of hydrogen-bond donors (Lipinski definition) is 3. The van der Waals surface area contributed by atoms with E-state index in [0.717, 1.165) is 0 Å². The predicted molar refractivity (Wildman–Crippen MR) is 52.5 cm³/mol. The first-order valence-corrected chi connectivity index (χ1v) is 8.34. The Morgan fingerprint density at radius 1 is 1.07 bits per heavy atom. The Hall–Kier alpha value is 0.555.